The van der Waals surface area contributed by atoms with Crippen LogP contribution >= 0.6 is 0 Å². The highest BCUT2D eigenvalue weighted by Crippen LogP contribution is 2.42. The Kier molecular flexibility index (Phi) is 5.18. The zero-order valence-corrected chi connectivity index (χ0v) is 19.6. The topological polar surface area (TPSA) is 78.7 Å². The van der Waals surface area contributed by atoms with Gasteiger partial charge in [0.25, 0.3) is 0 Å². The van der Waals surface area contributed by atoms with Crippen LogP contribution in [0.2, 0.25) is 0 Å². The van der Waals surface area contributed by atoms with Crippen LogP contribution in [0.1, 0.15) is 29.7 Å². The first-order valence-electron chi connectivity index (χ1n) is 12.1. The van der Waals surface area contributed by atoms with Gasteiger partial charge in [-0.25, -0.2) is 0 Å². The molecule has 3 aliphatic heterocycles. The van der Waals surface area contributed by atoms with Crippen molar-refractivity contribution in [2.75, 3.05) is 43.0 Å². The monoisotopic (exact) mass is 454 g/mol. The van der Waals surface area contributed by atoms with E-state index in [0.717, 1.165) is 42.8 Å². The molecule has 0 saturated carbocycles. The fourth-order valence-corrected chi connectivity index (χ4v) is 6.11. The normalized spacial score (nSPS) is 26.5. The molecular formula is C27H30N6O. The minimum atomic E-state index is -0.338. The predicted molar refractivity (Wildman–Crippen MR) is 134 cm³/mol. The summed E-state index contributed by atoms with van der Waals surface area (Å²) in [5.41, 5.74) is 6.55. The van der Waals surface area contributed by atoms with E-state index in [1.54, 1.807) is 6.20 Å². The number of anilines is 2. The molecule has 2 fully saturated rings. The molecule has 3 aromatic rings. The van der Waals surface area contributed by atoms with Crippen molar-refractivity contribution in [2.45, 2.75) is 37.7 Å². The summed E-state index contributed by atoms with van der Waals surface area (Å²) in [5, 5.41) is 24.1. The Morgan fingerprint density at radius 1 is 1.09 bits per heavy atom. The summed E-state index contributed by atoms with van der Waals surface area (Å²) in [6.45, 7) is 6.62. The summed E-state index contributed by atoms with van der Waals surface area (Å²) < 4.78 is 0. The maximum atomic E-state index is 10.3. The number of fused-ring (bicyclic) bond motifs is 4. The lowest BCUT2D eigenvalue weighted by atomic mass is 9.99. The van der Waals surface area contributed by atoms with Crippen molar-refractivity contribution in [3.05, 3.63) is 65.4 Å². The highest BCUT2D eigenvalue weighted by atomic mass is 16.3. The molecule has 7 nitrogen and oxygen atoms in total. The summed E-state index contributed by atoms with van der Waals surface area (Å²) in [7, 11) is 1.92. The standard InChI is InChI=1S/C27H30N6O/c1-17-12-32(24-8-5-18(11-28)27-22(24)4-3-9-30-27)15-25-21-7-6-20(10-19(21)13-33(17)25)31-14-23(29-2)26(34)16-31/h3-10,17,23,25-26,29,34H,12-16H2,1-2H3/t17-,23?,25-,26-/m1/s1. The van der Waals surface area contributed by atoms with Crippen LogP contribution in [0.4, 0.5) is 11.4 Å². The third-order valence-corrected chi connectivity index (χ3v) is 7.92. The molecule has 34 heavy (non-hydrogen) atoms. The lowest BCUT2D eigenvalue weighted by Crippen LogP contribution is -2.51. The number of aliphatic hydroxyl groups is 1. The van der Waals surface area contributed by atoms with Gasteiger partial charge in [-0.2, -0.15) is 5.26 Å². The number of piperazine rings is 1. The fraction of sp³-hybridized carbons (Fsp3) is 0.407. The highest BCUT2D eigenvalue weighted by molar-refractivity contribution is 5.95. The minimum absolute atomic E-state index is 0.116. The van der Waals surface area contributed by atoms with Gasteiger partial charge < -0.3 is 20.2 Å². The first-order valence-corrected chi connectivity index (χ1v) is 12.1. The molecule has 4 heterocycles. The van der Waals surface area contributed by atoms with E-state index >= 15 is 0 Å². The molecule has 0 bridgehead atoms. The SMILES string of the molecule is CNC1CN(c2ccc3c(c2)CN2[C@H](C)CN(c4ccc(C#N)c5ncccc45)C[C@H]32)C[C@H]1O. The van der Waals surface area contributed by atoms with E-state index in [-0.39, 0.29) is 12.1 Å². The Labute approximate surface area is 200 Å². The van der Waals surface area contributed by atoms with E-state index in [1.807, 2.05) is 19.2 Å². The van der Waals surface area contributed by atoms with Crippen molar-refractivity contribution in [1.29, 1.82) is 5.26 Å². The number of nitrogens with one attached hydrogen (secondary N) is 1. The molecule has 4 atom stereocenters. The molecule has 6 rings (SSSR count). The summed E-state index contributed by atoms with van der Waals surface area (Å²) in [5.74, 6) is 0. The van der Waals surface area contributed by atoms with Crippen LogP contribution in [0, 0.1) is 11.3 Å². The summed E-state index contributed by atoms with van der Waals surface area (Å²) >= 11 is 0. The quantitative estimate of drug-likeness (QED) is 0.630. The Bertz CT molecular complexity index is 1290. The number of rotatable bonds is 3. The Morgan fingerprint density at radius 3 is 2.76 bits per heavy atom. The maximum Gasteiger partial charge on any atom is 0.101 e. The number of hydrogen-bond acceptors (Lipinski definition) is 7. The van der Waals surface area contributed by atoms with Gasteiger partial charge >= 0.3 is 0 Å². The van der Waals surface area contributed by atoms with Crippen molar-refractivity contribution in [3.63, 3.8) is 0 Å². The van der Waals surface area contributed by atoms with E-state index in [0.29, 0.717) is 24.2 Å². The van der Waals surface area contributed by atoms with E-state index in [9.17, 15) is 10.4 Å². The molecule has 0 aliphatic carbocycles. The van der Waals surface area contributed by atoms with E-state index in [2.05, 4.69) is 68.3 Å². The van der Waals surface area contributed by atoms with Gasteiger partial charge in [-0.15, -0.1) is 0 Å². The van der Waals surface area contributed by atoms with Gasteiger partial charge in [0, 0.05) is 61.7 Å². The number of aliphatic hydroxyl groups excluding tert-OH is 1. The Balaban J connectivity index is 1.31. The summed E-state index contributed by atoms with van der Waals surface area (Å²) in [4.78, 5) is 11.9. The first-order chi connectivity index (χ1) is 16.6. The van der Waals surface area contributed by atoms with Crippen molar-refractivity contribution in [3.8, 4) is 6.07 Å². The molecule has 2 N–H and O–H groups in total. The molecular weight excluding hydrogens is 424 g/mol. The third kappa shape index (κ3) is 3.33. The second-order valence-electron chi connectivity index (χ2n) is 9.84. The summed E-state index contributed by atoms with van der Waals surface area (Å²) in [6, 6.07) is 18.0. The molecule has 2 aromatic carbocycles. The number of nitrogens with zero attached hydrogens (tertiary/aromatic N) is 5. The van der Waals surface area contributed by atoms with E-state index in [4.69, 9.17) is 0 Å². The van der Waals surface area contributed by atoms with Crippen molar-refractivity contribution < 1.29 is 5.11 Å². The van der Waals surface area contributed by atoms with Gasteiger partial charge in [-0.1, -0.05) is 6.07 Å². The number of pyridine rings is 1. The van der Waals surface area contributed by atoms with Crippen LogP contribution in [0.15, 0.2) is 48.7 Å². The molecule has 1 unspecified atom stereocenters. The van der Waals surface area contributed by atoms with Crippen LogP contribution in [0.25, 0.3) is 10.9 Å². The largest absolute Gasteiger partial charge is 0.390 e. The average Bonchev–Trinajstić information content (AvgIpc) is 3.43. The van der Waals surface area contributed by atoms with E-state index in [1.165, 1.54) is 16.8 Å². The number of likely N-dealkylation sites (N-methyl/N-ethyl adjacent to an activating group) is 1. The van der Waals surface area contributed by atoms with Gasteiger partial charge in [-0.3, -0.25) is 9.88 Å². The van der Waals surface area contributed by atoms with Gasteiger partial charge in [0.1, 0.15) is 6.07 Å². The smallest absolute Gasteiger partial charge is 0.101 e. The van der Waals surface area contributed by atoms with Gasteiger partial charge in [-0.05, 0) is 61.5 Å². The summed E-state index contributed by atoms with van der Waals surface area (Å²) in [6.07, 6.45) is 1.42. The minimum Gasteiger partial charge on any atom is -0.390 e. The van der Waals surface area contributed by atoms with Crippen LogP contribution in [-0.4, -0.2) is 66.4 Å². The number of aromatic nitrogens is 1. The molecule has 3 aliphatic rings. The molecule has 2 saturated heterocycles. The maximum absolute atomic E-state index is 10.3. The highest BCUT2D eigenvalue weighted by Gasteiger charge is 2.40. The molecule has 1 aromatic heterocycles. The zero-order chi connectivity index (χ0) is 23.4. The molecule has 0 spiro atoms. The lowest BCUT2D eigenvalue weighted by molar-refractivity contribution is 0.134. The van der Waals surface area contributed by atoms with Crippen LogP contribution < -0.4 is 15.1 Å². The number of β-amino-alcohol motifs (C(OH)–C–C–N with tert-alkyl or cyclic N) is 1. The third-order valence-electron chi connectivity index (χ3n) is 7.92. The lowest BCUT2D eigenvalue weighted by Gasteiger charge is -2.43. The molecule has 0 radical (unpaired) electrons. The van der Waals surface area contributed by atoms with Crippen molar-refractivity contribution in [1.82, 2.24) is 15.2 Å². The van der Waals surface area contributed by atoms with Gasteiger partial charge in [0.15, 0.2) is 0 Å². The zero-order valence-electron chi connectivity index (χ0n) is 19.6. The van der Waals surface area contributed by atoms with Crippen LogP contribution in [-0.2, 0) is 6.54 Å². The van der Waals surface area contributed by atoms with Gasteiger partial charge in [0.2, 0.25) is 0 Å². The average molecular weight is 455 g/mol. The second kappa shape index (κ2) is 8.24. The first kappa shape index (κ1) is 21.4. The Hall–Kier alpha value is -3.18. The number of benzene rings is 2. The van der Waals surface area contributed by atoms with Gasteiger partial charge in [0.05, 0.1) is 29.3 Å². The second-order valence-corrected chi connectivity index (χ2v) is 9.84. The molecule has 0 amide bonds. The molecule has 7 heteroatoms. The Morgan fingerprint density at radius 2 is 1.97 bits per heavy atom. The van der Waals surface area contributed by atoms with Crippen LogP contribution in [0.3, 0.4) is 0 Å². The van der Waals surface area contributed by atoms with Crippen molar-refractivity contribution in [2.24, 2.45) is 0 Å². The molecule has 174 valence electrons. The number of nitriles is 1. The number of hydrogen-bond donors (Lipinski definition) is 2. The van der Waals surface area contributed by atoms with E-state index < -0.39 is 0 Å². The van der Waals surface area contributed by atoms with Crippen LogP contribution in [0.5, 0.6) is 0 Å². The predicted octanol–water partition coefficient (Wildman–Crippen LogP) is 2.64. The fourth-order valence-electron chi connectivity index (χ4n) is 6.11. The van der Waals surface area contributed by atoms with Crippen molar-refractivity contribution >= 4 is 22.3 Å².